The molecule has 0 aliphatic carbocycles. The highest BCUT2D eigenvalue weighted by Gasteiger charge is 2.17. The first-order valence-electron chi connectivity index (χ1n) is 10.6. The molecule has 0 bridgehead atoms. The minimum atomic E-state index is -0.132. The van der Waals surface area contributed by atoms with Crippen molar-refractivity contribution in [1.29, 1.82) is 0 Å². The van der Waals surface area contributed by atoms with Crippen LogP contribution in [0.3, 0.4) is 0 Å². The minimum absolute atomic E-state index is 0.126. The molecule has 0 spiro atoms. The van der Waals surface area contributed by atoms with Gasteiger partial charge in [-0.25, -0.2) is 4.98 Å². The number of aromatic amines is 1. The van der Waals surface area contributed by atoms with Crippen LogP contribution in [-0.2, 0) is 11.3 Å². The van der Waals surface area contributed by atoms with Gasteiger partial charge in [0.05, 0.1) is 5.75 Å². The fourth-order valence-corrected chi connectivity index (χ4v) is 4.84. The van der Waals surface area contributed by atoms with E-state index in [0.717, 1.165) is 33.5 Å². The van der Waals surface area contributed by atoms with Crippen LogP contribution >= 0.6 is 11.8 Å². The number of rotatable bonds is 6. The number of aromatic nitrogens is 3. The van der Waals surface area contributed by atoms with Gasteiger partial charge in [-0.2, -0.15) is 0 Å². The first-order chi connectivity index (χ1) is 15.4. The summed E-state index contributed by atoms with van der Waals surface area (Å²) in [6, 6.07) is 13.9. The predicted octanol–water partition coefficient (Wildman–Crippen LogP) is 5.07. The van der Waals surface area contributed by atoms with Gasteiger partial charge in [-0.05, 0) is 44.4 Å². The van der Waals surface area contributed by atoms with Gasteiger partial charge < -0.3 is 10.3 Å². The van der Waals surface area contributed by atoms with Gasteiger partial charge >= 0.3 is 0 Å². The predicted molar refractivity (Wildman–Crippen MR) is 131 cm³/mol. The summed E-state index contributed by atoms with van der Waals surface area (Å²) in [5, 5.41) is 3.55. The van der Waals surface area contributed by atoms with Crippen LogP contribution in [0.1, 0.15) is 23.6 Å². The molecule has 0 unspecified atom stereocenters. The second-order valence-corrected chi connectivity index (χ2v) is 8.79. The number of nitrogens with one attached hydrogen (secondary N) is 2. The average Bonchev–Trinajstić information content (AvgIpc) is 3.19. The minimum Gasteiger partial charge on any atom is -0.355 e. The van der Waals surface area contributed by atoms with E-state index < -0.39 is 0 Å². The van der Waals surface area contributed by atoms with Crippen LogP contribution in [0, 0.1) is 20.8 Å². The summed E-state index contributed by atoms with van der Waals surface area (Å²) < 4.78 is 1.61. The first-order valence-corrected chi connectivity index (χ1v) is 11.6. The van der Waals surface area contributed by atoms with Crippen molar-refractivity contribution in [2.75, 3.05) is 11.1 Å². The molecule has 2 N–H and O–H groups in total. The molecule has 7 heteroatoms. The first kappa shape index (κ1) is 21.9. The van der Waals surface area contributed by atoms with Gasteiger partial charge in [-0.3, -0.25) is 14.2 Å². The molecular formula is C25H26N4O2S. The number of hydrogen-bond acceptors (Lipinski definition) is 4. The summed E-state index contributed by atoms with van der Waals surface area (Å²) in [5.74, 6) is 0.0369. The number of hydrogen-bond donors (Lipinski definition) is 2. The molecule has 2 aromatic carbocycles. The van der Waals surface area contributed by atoms with E-state index in [9.17, 15) is 9.59 Å². The molecule has 32 heavy (non-hydrogen) atoms. The summed E-state index contributed by atoms with van der Waals surface area (Å²) in [4.78, 5) is 33.6. The molecule has 0 saturated carbocycles. The van der Waals surface area contributed by atoms with Crippen LogP contribution < -0.4 is 10.9 Å². The highest BCUT2D eigenvalue weighted by molar-refractivity contribution is 7.99. The molecule has 0 aliphatic heterocycles. The Labute approximate surface area is 191 Å². The second kappa shape index (κ2) is 9.04. The molecule has 6 nitrogen and oxygen atoms in total. The SMILES string of the molecule is CCn1c(SCC(=O)Nc2c(C)cc(C)cc2C)nc2c(-c3ccccc3)c[nH]c2c1=O. The van der Waals surface area contributed by atoms with Gasteiger partial charge in [0, 0.05) is 24.0 Å². The number of fused-ring (bicyclic) bond motifs is 1. The largest absolute Gasteiger partial charge is 0.355 e. The Hall–Kier alpha value is -3.32. The van der Waals surface area contributed by atoms with E-state index >= 15 is 0 Å². The van der Waals surface area contributed by atoms with E-state index in [2.05, 4.69) is 22.4 Å². The molecular weight excluding hydrogens is 420 g/mol. The van der Waals surface area contributed by atoms with E-state index in [-0.39, 0.29) is 17.2 Å². The molecule has 0 fully saturated rings. The summed E-state index contributed by atoms with van der Waals surface area (Å²) in [6.45, 7) is 8.40. The molecule has 4 aromatic rings. The highest BCUT2D eigenvalue weighted by atomic mass is 32.2. The lowest BCUT2D eigenvalue weighted by atomic mass is 10.1. The Balaban J connectivity index is 1.63. The maximum absolute atomic E-state index is 13.1. The molecule has 164 valence electrons. The molecule has 0 radical (unpaired) electrons. The lowest BCUT2D eigenvalue weighted by molar-refractivity contribution is -0.113. The zero-order chi connectivity index (χ0) is 22.8. The molecule has 0 aliphatic rings. The summed E-state index contributed by atoms with van der Waals surface area (Å²) in [5.41, 5.74) is 6.90. The van der Waals surface area contributed by atoms with E-state index in [4.69, 9.17) is 4.98 Å². The number of aryl methyl sites for hydroxylation is 3. The van der Waals surface area contributed by atoms with Crippen molar-refractivity contribution in [2.45, 2.75) is 39.4 Å². The topological polar surface area (TPSA) is 79.8 Å². The van der Waals surface area contributed by atoms with E-state index in [1.54, 1.807) is 4.57 Å². The van der Waals surface area contributed by atoms with Gasteiger partial charge in [0.25, 0.3) is 5.56 Å². The van der Waals surface area contributed by atoms with E-state index in [1.165, 1.54) is 11.8 Å². The van der Waals surface area contributed by atoms with Gasteiger partial charge in [0.1, 0.15) is 11.0 Å². The summed E-state index contributed by atoms with van der Waals surface area (Å²) >= 11 is 1.28. The zero-order valence-electron chi connectivity index (χ0n) is 18.7. The number of thioether (sulfide) groups is 1. The number of carbonyl (C=O) groups is 1. The fraction of sp³-hybridized carbons (Fsp3) is 0.240. The maximum atomic E-state index is 13.1. The second-order valence-electron chi connectivity index (χ2n) is 7.85. The third-order valence-corrected chi connectivity index (χ3v) is 6.40. The van der Waals surface area contributed by atoms with Crippen LogP contribution in [0.4, 0.5) is 5.69 Å². The molecule has 2 heterocycles. The molecule has 0 saturated heterocycles. The van der Waals surface area contributed by atoms with Crippen molar-refractivity contribution in [1.82, 2.24) is 14.5 Å². The van der Waals surface area contributed by atoms with Gasteiger partial charge in [-0.1, -0.05) is 59.8 Å². The Morgan fingerprint density at radius 2 is 1.81 bits per heavy atom. The Morgan fingerprint density at radius 1 is 1.12 bits per heavy atom. The zero-order valence-corrected chi connectivity index (χ0v) is 19.5. The van der Waals surface area contributed by atoms with E-state index in [0.29, 0.717) is 22.7 Å². The Kier molecular flexibility index (Phi) is 6.19. The average molecular weight is 447 g/mol. The van der Waals surface area contributed by atoms with Crippen LogP contribution in [0.25, 0.3) is 22.2 Å². The summed E-state index contributed by atoms with van der Waals surface area (Å²) in [7, 11) is 0. The van der Waals surface area contributed by atoms with Gasteiger partial charge in [-0.15, -0.1) is 0 Å². The molecule has 2 aromatic heterocycles. The van der Waals surface area contributed by atoms with Crippen LogP contribution in [0.15, 0.2) is 58.6 Å². The van der Waals surface area contributed by atoms with Crippen molar-refractivity contribution in [3.63, 3.8) is 0 Å². The lowest BCUT2D eigenvalue weighted by Crippen LogP contribution is -2.23. The normalized spacial score (nSPS) is 11.1. The number of anilines is 1. The summed E-state index contributed by atoms with van der Waals surface area (Å²) in [6.07, 6.45) is 1.82. The number of carbonyl (C=O) groups excluding carboxylic acids is 1. The fourth-order valence-electron chi connectivity index (χ4n) is 3.98. The van der Waals surface area contributed by atoms with Crippen molar-refractivity contribution in [3.8, 4) is 11.1 Å². The monoisotopic (exact) mass is 446 g/mol. The van der Waals surface area contributed by atoms with Crippen molar-refractivity contribution in [3.05, 3.63) is 75.7 Å². The van der Waals surface area contributed by atoms with Crippen LogP contribution in [0.5, 0.6) is 0 Å². The van der Waals surface area contributed by atoms with E-state index in [1.807, 2.05) is 64.2 Å². The quantitative estimate of drug-likeness (QED) is 0.320. The number of nitrogens with zero attached hydrogens (tertiary/aromatic N) is 2. The maximum Gasteiger partial charge on any atom is 0.278 e. The third kappa shape index (κ3) is 4.21. The van der Waals surface area contributed by atoms with Crippen molar-refractivity contribution in [2.24, 2.45) is 0 Å². The Bertz CT molecular complexity index is 1330. The van der Waals surface area contributed by atoms with Crippen LogP contribution in [0.2, 0.25) is 0 Å². The smallest absolute Gasteiger partial charge is 0.278 e. The number of benzene rings is 2. The van der Waals surface area contributed by atoms with Gasteiger partial charge in [0.15, 0.2) is 5.16 Å². The molecule has 0 atom stereocenters. The van der Waals surface area contributed by atoms with Crippen molar-refractivity contribution >= 4 is 34.4 Å². The standard InChI is InChI=1S/C25H26N4O2S/c1-5-29-24(31)23-22(19(13-26-23)18-9-7-6-8-10-18)28-25(29)32-14-20(30)27-21-16(3)11-15(2)12-17(21)4/h6-13,26H,5,14H2,1-4H3,(H,27,30). The van der Waals surface area contributed by atoms with Gasteiger partial charge in [0.2, 0.25) is 5.91 Å². The van der Waals surface area contributed by atoms with Crippen molar-refractivity contribution < 1.29 is 4.79 Å². The third-order valence-electron chi connectivity index (χ3n) is 5.42. The molecule has 4 rings (SSSR count). The number of amides is 1. The lowest BCUT2D eigenvalue weighted by Gasteiger charge is -2.13. The van der Waals surface area contributed by atoms with Crippen LogP contribution in [-0.4, -0.2) is 26.2 Å². The number of H-pyrrole nitrogens is 1. The molecule has 1 amide bonds. The highest BCUT2D eigenvalue weighted by Crippen LogP contribution is 2.28. The Morgan fingerprint density at radius 3 is 2.47 bits per heavy atom.